The molecule has 0 bridgehead atoms. The molecular weight excluding hydrogens is 441 g/mol. The Morgan fingerprint density at radius 2 is 1.97 bits per heavy atom. The van der Waals surface area contributed by atoms with Crippen LogP contribution >= 0.6 is 23.4 Å². The molecule has 3 aromatic rings. The Labute approximate surface area is 188 Å². The Hall–Kier alpha value is -2.91. The minimum absolute atomic E-state index is 0.00131. The highest BCUT2D eigenvalue weighted by Crippen LogP contribution is 2.19. The van der Waals surface area contributed by atoms with Gasteiger partial charge in [-0.2, -0.15) is 0 Å². The maximum Gasteiger partial charge on any atom is 0.254 e. The molecule has 0 aliphatic carbocycles. The number of hydrogen-bond acceptors (Lipinski definition) is 5. The fraction of sp³-hybridized carbons (Fsp3) is 0.238. The molecular formula is C21H21ClFN5O2S. The van der Waals surface area contributed by atoms with E-state index in [0.717, 1.165) is 0 Å². The predicted octanol–water partition coefficient (Wildman–Crippen LogP) is 3.79. The third kappa shape index (κ3) is 6.28. The molecule has 0 aliphatic rings. The van der Waals surface area contributed by atoms with Crippen molar-refractivity contribution in [3.05, 3.63) is 70.8 Å². The molecule has 0 atom stereocenters. The molecule has 31 heavy (non-hydrogen) atoms. The zero-order valence-electron chi connectivity index (χ0n) is 16.8. The van der Waals surface area contributed by atoms with Gasteiger partial charge in [0.25, 0.3) is 5.91 Å². The summed E-state index contributed by atoms with van der Waals surface area (Å²) in [6.45, 7) is 2.84. The van der Waals surface area contributed by atoms with E-state index in [9.17, 15) is 14.0 Å². The van der Waals surface area contributed by atoms with E-state index in [1.165, 1.54) is 30.0 Å². The van der Waals surface area contributed by atoms with E-state index in [1.54, 1.807) is 30.3 Å². The van der Waals surface area contributed by atoms with Gasteiger partial charge in [-0.15, -0.1) is 10.2 Å². The maximum atomic E-state index is 13.7. The minimum atomic E-state index is -0.563. The first-order chi connectivity index (χ1) is 15.0. The number of halogens is 2. The third-order valence-corrected chi connectivity index (χ3v) is 5.50. The van der Waals surface area contributed by atoms with Gasteiger partial charge in [-0.3, -0.25) is 9.59 Å². The van der Waals surface area contributed by atoms with Gasteiger partial charge in [-0.1, -0.05) is 41.6 Å². The van der Waals surface area contributed by atoms with E-state index in [1.807, 2.05) is 11.5 Å². The summed E-state index contributed by atoms with van der Waals surface area (Å²) in [6, 6.07) is 12.7. The van der Waals surface area contributed by atoms with Crippen LogP contribution in [-0.4, -0.2) is 38.9 Å². The normalized spacial score (nSPS) is 10.7. The van der Waals surface area contributed by atoms with Gasteiger partial charge in [0.15, 0.2) is 5.16 Å². The molecule has 2 aromatic carbocycles. The molecule has 0 fully saturated rings. The van der Waals surface area contributed by atoms with Crippen LogP contribution in [0, 0.1) is 5.82 Å². The second kappa shape index (κ2) is 10.9. The molecule has 162 valence electrons. The quantitative estimate of drug-likeness (QED) is 0.473. The van der Waals surface area contributed by atoms with Crippen molar-refractivity contribution in [1.82, 2.24) is 20.1 Å². The Bertz CT molecular complexity index is 1080. The molecule has 10 heteroatoms. The number of rotatable bonds is 9. The van der Waals surface area contributed by atoms with Crippen molar-refractivity contribution < 1.29 is 14.0 Å². The molecule has 1 aromatic heterocycles. The molecule has 2 N–H and O–H groups in total. The van der Waals surface area contributed by atoms with Gasteiger partial charge in [0.1, 0.15) is 11.6 Å². The van der Waals surface area contributed by atoms with Crippen LogP contribution in [0.5, 0.6) is 0 Å². The number of benzene rings is 2. The number of thioether (sulfide) groups is 1. The topological polar surface area (TPSA) is 88.9 Å². The fourth-order valence-corrected chi connectivity index (χ4v) is 3.86. The zero-order chi connectivity index (χ0) is 22.2. The molecule has 0 saturated heterocycles. The van der Waals surface area contributed by atoms with Crippen LogP contribution in [0.2, 0.25) is 5.02 Å². The van der Waals surface area contributed by atoms with Crippen molar-refractivity contribution in [3.8, 4) is 0 Å². The maximum absolute atomic E-state index is 13.7. The van der Waals surface area contributed by atoms with Gasteiger partial charge < -0.3 is 15.2 Å². The van der Waals surface area contributed by atoms with Gasteiger partial charge >= 0.3 is 0 Å². The van der Waals surface area contributed by atoms with Gasteiger partial charge in [-0.05, 0) is 37.3 Å². The molecule has 7 nitrogen and oxygen atoms in total. The number of hydrogen-bond donors (Lipinski definition) is 2. The summed E-state index contributed by atoms with van der Waals surface area (Å²) < 4.78 is 15.6. The summed E-state index contributed by atoms with van der Waals surface area (Å²) in [5.74, 6) is -0.389. The molecule has 1 heterocycles. The van der Waals surface area contributed by atoms with Gasteiger partial charge in [0, 0.05) is 30.2 Å². The first kappa shape index (κ1) is 22.8. The minimum Gasteiger partial charge on any atom is -0.351 e. The highest BCUT2D eigenvalue weighted by Gasteiger charge is 2.15. The molecule has 0 radical (unpaired) electrons. The second-order valence-corrected chi connectivity index (χ2v) is 7.85. The highest BCUT2D eigenvalue weighted by atomic mass is 35.5. The van der Waals surface area contributed by atoms with Crippen LogP contribution < -0.4 is 10.6 Å². The second-order valence-electron chi connectivity index (χ2n) is 6.48. The van der Waals surface area contributed by atoms with Gasteiger partial charge in [0.2, 0.25) is 5.91 Å². The van der Waals surface area contributed by atoms with Crippen LogP contribution in [0.15, 0.2) is 53.7 Å². The summed E-state index contributed by atoms with van der Waals surface area (Å²) in [7, 11) is 0. The SMILES string of the molecule is CCn1c(CCNC(=O)c2ccccc2F)nnc1SCC(=O)Nc1cccc(Cl)c1. The summed E-state index contributed by atoms with van der Waals surface area (Å²) in [5.41, 5.74) is 0.628. The smallest absolute Gasteiger partial charge is 0.254 e. The Kier molecular flexibility index (Phi) is 8.02. The van der Waals surface area contributed by atoms with Crippen molar-refractivity contribution in [2.45, 2.75) is 25.0 Å². The van der Waals surface area contributed by atoms with E-state index < -0.39 is 11.7 Å². The van der Waals surface area contributed by atoms with Crippen molar-refractivity contribution in [2.75, 3.05) is 17.6 Å². The van der Waals surface area contributed by atoms with E-state index in [4.69, 9.17) is 11.6 Å². The van der Waals surface area contributed by atoms with Crippen LogP contribution in [-0.2, 0) is 17.8 Å². The van der Waals surface area contributed by atoms with Crippen LogP contribution in [0.25, 0.3) is 0 Å². The van der Waals surface area contributed by atoms with Crippen LogP contribution in [0.1, 0.15) is 23.1 Å². The number of carbonyl (C=O) groups is 2. The van der Waals surface area contributed by atoms with Crippen molar-refractivity contribution in [3.63, 3.8) is 0 Å². The summed E-state index contributed by atoms with van der Waals surface area (Å²) >= 11 is 7.19. The summed E-state index contributed by atoms with van der Waals surface area (Å²) in [6.07, 6.45) is 0.427. The number of anilines is 1. The number of nitrogens with one attached hydrogen (secondary N) is 2. The van der Waals surface area contributed by atoms with E-state index in [-0.39, 0.29) is 23.8 Å². The lowest BCUT2D eigenvalue weighted by Gasteiger charge is -2.09. The highest BCUT2D eigenvalue weighted by molar-refractivity contribution is 7.99. The number of aromatic nitrogens is 3. The first-order valence-corrected chi connectivity index (χ1v) is 11.0. The van der Waals surface area contributed by atoms with Crippen molar-refractivity contribution in [1.29, 1.82) is 0 Å². The average molecular weight is 462 g/mol. The Morgan fingerprint density at radius 3 is 2.71 bits per heavy atom. The number of carbonyl (C=O) groups excluding carboxylic acids is 2. The molecule has 0 spiro atoms. The van der Waals surface area contributed by atoms with E-state index >= 15 is 0 Å². The summed E-state index contributed by atoms with van der Waals surface area (Å²) in [5, 5.41) is 14.9. The summed E-state index contributed by atoms with van der Waals surface area (Å²) in [4.78, 5) is 24.3. The molecule has 2 amide bonds. The fourth-order valence-electron chi connectivity index (χ4n) is 2.85. The third-order valence-electron chi connectivity index (χ3n) is 4.30. The largest absolute Gasteiger partial charge is 0.351 e. The molecule has 0 aliphatic heterocycles. The standard InChI is InChI=1S/C21H21ClFN5O2S/c1-2-28-18(10-11-24-20(30)16-8-3-4-9-17(16)23)26-27-21(28)31-13-19(29)25-15-7-5-6-14(22)12-15/h3-9,12H,2,10-11,13H2,1H3,(H,24,30)(H,25,29). The number of amides is 2. The lowest BCUT2D eigenvalue weighted by Crippen LogP contribution is -2.27. The van der Waals surface area contributed by atoms with Crippen LogP contribution in [0.4, 0.5) is 10.1 Å². The first-order valence-electron chi connectivity index (χ1n) is 9.61. The van der Waals surface area contributed by atoms with Crippen LogP contribution in [0.3, 0.4) is 0 Å². The lowest BCUT2D eigenvalue weighted by molar-refractivity contribution is -0.113. The number of nitrogens with zero attached hydrogens (tertiary/aromatic N) is 3. The zero-order valence-corrected chi connectivity index (χ0v) is 18.3. The van der Waals surface area contributed by atoms with E-state index in [0.29, 0.717) is 34.7 Å². The Balaban J connectivity index is 1.52. The molecule has 0 unspecified atom stereocenters. The van der Waals surface area contributed by atoms with E-state index in [2.05, 4.69) is 20.8 Å². The van der Waals surface area contributed by atoms with Gasteiger partial charge in [-0.25, -0.2) is 4.39 Å². The lowest BCUT2D eigenvalue weighted by atomic mass is 10.2. The molecule has 0 saturated carbocycles. The van der Waals surface area contributed by atoms with Gasteiger partial charge in [0.05, 0.1) is 11.3 Å². The predicted molar refractivity (Wildman–Crippen MR) is 119 cm³/mol. The van der Waals surface area contributed by atoms with Crippen molar-refractivity contribution in [2.24, 2.45) is 0 Å². The average Bonchev–Trinajstić information content (AvgIpc) is 3.14. The monoisotopic (exact) mass is 461 g/mol. The molecule has 3 rings (SSSR count). The van der Waals surface area contributed by atoms with Crippen molar-refractivity contribution >= 4 is 40.9 Å². The Morgan fingerprint density at radius 1 is 1.16 bits per heavy atom.